The number of fused-ring (bicyclic) bond motifs is 1. The molecule has 2 heteroatoms. The molecule has 0 saturated carbocycles. The van der Waals surface area contributed by atoms with E-state index < -0.39 is 0 Å². The number of benzene rings is 1. The lowest BCUT2D eigenvalue weighted by atomic mass is 9.80. The van der Waals surface area contributed by atoms with Crippen molar-refractivity contribution >= 4 is 18.3 Å². The Bertz CT molecular complexity index is 359. The zero-order chi connectivity index (χ0) is 11.1. The summed E-state index contributed by atoms with van der Waals surface area (Å²) in [6.45, 7) is 4.61. The fraction of sp³-hybridized carbons (Fsp3) is 0.538. The second-order valence-electron chi connectivity index (χ2n) is 5.01. The lowest BCUT2D eigenvalue weighted by molar-refractivity contribution is 0.398. The molecule has 0 amide bonds. The third kappa shape index (κ3) is 1.76. The Hall–Kier alpha value is -0.630. The molecule has 1 unspecified atom stereocenters. The van der Waals surface area contributed by atoms with Crippen molar-refractivity contribution in [2.24, 2.45) is 0 Å². The standard InChI is InChI=1S/C13H19NS/c1-13(2)8-10(9-15)11-6-4-5-7-12(11)14(13)3/h4-7,10,15H,8-9H2,1-3H3. The molecule has 15 heavy (non-hydrogen) atoms. The average molecular weight is 221 g/mol. The van der Waals surface area contributed by atoms with Gasteiger partial charge in [-0.05, 0) is 43.6 Å². The van der Waals surface area contributed by atoms with Gasteiger partial charge in [-0.3, -0.25) is 0 Å². The number of anilines is 1. The predicted octanol–water partition coefficient (Wildman–Crippen LogP) is 3.32. The summed E-state index contributed by atoms with van der Waals surface area (Å²) in [6, 6.07) is 8.70. The number of nitrogens with zero attached hydrogens (tertiary/aromatic N) is 1. The smallest absolute Gasteiger partial charge is 0.0403 e. The van der Waals surface area contributed by atoms with Crippen molar-refractivity contribution in [1.29, 1.82) is 0 Å². The van der Waals surface area contributed by atoms with E-state index in [1.54, 1.807) is 0 Å². The first-order valence-corrected chi connectivity index (χ1v) is 6.13. The minimum atomic E-state index is 0.238. The monoisotopic (exact) mass is 221 g/mol. The van der Waals surface area contributed by atoms with Crippen LogP contribution in [0, 0.1) is 0 Å². The molecule has 0 bridgehead atoms. The third-order valence-electron chi connectivity index (χ3n) is 3.61. The van der Waals surface area contributed by atoms with Crippen LogP contribution in [0.3, 0.4) is 0 Å². The fourth-order valence-corrected chi connectivity index (χ4v) is 2.80. The van der Waals surface area contributed by atoms with E-state index in [0.717, 1.165) is 5.75 Å². The van der Waals surface area contributed by atoms with Crippen LogP contribution in [0.1, 0.15) is 31.7 Å². The van der Waals surface area contributed by atoms with Gasteiger partial charge in [0.25, 0.3) is 0 Å². The van der Waals surface area contributed by atoms with E-state index in [2.05, 4.69) is 62.7 Å². The highest BCUT2D eigenvalue weighted by molar-refractivity contribution is 7.80. The Morgan fingerprint density at radius 2 is 2.07 bits per heavy atom. The molecule has 0 saturated heterocycles. The van der Waals surface area contributed by atoms with Crippen LogP contribution >= 0.6 is 12.6 Å². The van der Waals surface area contributed by atoms with Crippen LogP contribution in [0.15, 0.2) is 24.3 Å². The van der Waals surface area contributed by atoms with Crippen molar-refractivity contribution in [3.05, 3.63) is 29.8 Å². The van der Waals surface area contributed by atoms with E-state index in [1.165, 1.54) is 17.7 Å². The number of hydrogen-bond donors (Lipinski definition) is 1. The molecule has 1 aromatic rings. The molecular weight excluding hydrogens is 202 g/mol. The Balaban J connectivity index is 2.50. The largest absolute Gasteiger partial charge is 0.369 e. The molecule has 0 aliphatic carbocycles. The zero-order valence-corrected chi connectivity index (χ0v) is 10.6. The van der Waals surface area contributed by atoms with E-state index in [-0.39, 0.29) is 5.54 Å². The van der Waals surface area contributed by atoms with Crippen LogP contribution in [-0.2, 0) is 0 Å². The fourth-order valence-electron chi connectivity index (χ4n) is 2.48. The molecule has 2 rings (SSSR count). The highest BCUT2D eigenvalue weighted by atomic mass is 32.1. The summed E-state index contributed by atoms with van der Waals surface area (Å²) in [5, 5.41) is 0. The molecule has 82 valence electrons. The van der Waals surface area contributed by atoms with Gasteiger partial charge in [-0.25, -0.2) is 0 Å². The maximum atomic E-state index is 4.48. The third-order valence-corrected chi connectivity index (χ3v) is 4.05. The molecule has 1 aliphatic heterocycles. The predicted molar refractivity (Wildman–Crippen MR) is 70.1 cm³/mol. The van der Waals surface area contributed by atoms with Crippen LogP contribution in [0.4, 0.5) is 5.69 Å². The normalized spacial score (nSPS) is 23.7. The number of hydrogen-bond acceptors (Lipinski definition) is 2. The summed E-state index contributed by atoms with van der Waals surface area (Å²) >= 11 is 4.48. The van der Waals surface area contributed by atoms with Gasteiger partial charge in [0.2, 0.25) is 0 Å². The van der Waals surface area contributed by atoms with E-state index >= 15 is 0 Å². The quantitative estimate of drug-likeness (QED) is 0.712. The van der Waals surface area contributed by atoms with Crippen molar-refractivity contribution < 1.29 is 0 Å². The van der Waals surface area contributed by atoms with Gasteiger partial charge in [0.05, 0.1) is 0 Å². The summed E-state index contributed by atoms with van der Waals surface area (Å²) in [4.78, 5) is 2.39. The maximum absolute atomic E-state index is 4.48. The van der Waals surface area contributed by atoms with Crippen LogP contribution in [0.2, 0.25) is 0 Å². The van der Waals surface area contributed by atoms with E-state index in [0.29, 0.717) is 5.92 Å². The molecule has 0 fully saturated rings. The lowest BCUT2D eigenvalue weighted by Crippen LogP contribution is -2.46. The van der Waals surface area contributed by atoms with Crippen molar-refractivity contribution in [1.82, 2.24) is 0 Å². The summed E-state index contributed by atoms with van der Waals surface area (Å²) in [5.41, 5.74) is 3.06. The minimum Gasteiger partial charge on any atom is -0.369 e. The van der Waals surface area contributed by atoms with Gasteiger partial charge in [-0.2, -0.15) is 12.6 Å². The molecule has 0 N–H and O–H groups in total. The van der Waals surface area contributed by atoms with Gasteiger partial charge in [0.1, 0.15) is 0 Å². The summed E-state index contributed by atoms with van der Waals surface area (Å²) in [6.07, 6.45) is 1.18. The summed E-state index contributed by atoms with van der Waals surface area (Å²) in [7, 11) is 2.19. The Kier molecular flexibility index (Phi) is 2.72. The van der Waals surface area contributed by atoms with Gasteiger partial charge >= 0.3 is 0 Å². The number of thiol groups is 1. The van der Waals surface area contributed by atoms with Crippen molar-refractivity contribution in [3.8, 4) is 0 Å². The molecule has 0 spiro atoms. The SMILES string of the molecule is CN1c2ccccc2C(CS)CC1(C)C. The Labute approximate surface area is 97.9 Å². The van der Waals surface area contributed by atoms with Crippen LogP contribution in [-0.4, -0.2) is 18.3 Å². The highest BCUT2D eigenvalue weighted by Gasteiger charge is 2.34. The minimum absolute atomic E-state index is 0.238. The first-order valence-electron chi connectivity index (χ1n) is 5.50. The van der Waals surface area contributed by atoms with Crippen molar-refractivity contribution in [3.63, 3.8) is 0 Å². The highest BCUT2D eigenvalue weighted by Crippen LogP contribution is 2.42. The Morgan fingerprint density at radius 3 is 2.73 bits per heavy atom. The molecule has 0 aromatic heterocycles. The number of rotatable bonds is 1. The van der Waals surface area contributed by atoms with Gasteiger partial charge in [-0.15, -0.1) is 0 Å². The van der Waals surface area contributed by atoms with Crippen LogP contribution in [0.5, 0.6) is 0 Å². The maximum Gasteiger partial charge on any atom is 0.0403 e. The summed E-state index contributed by atoms with van der Waals surface area (Å²) < 4.78 is 0. The van der Waals surface area contributed by atoms with Crippen LogP contribution < -0.4 is 4.90 Å². The topological polar surface area (TPSA) is 3.24 Å². The van der Waals surface area contributed by atoms with Crippen molar-refractivity contribution in [2.45, 2.75) is 31.7 Å². The van der Waals surface area contributed by atoms with Gasteiger partial charge < -0.3 is 4.90 Å². The van der Waals surface area contributed by atoms with Gasteiger partial charge in [-0.1, -0.05) is 18.2 Å². The first-order chi connectivity index (χ1) is 7.06. The molecule has 1 aliphatic rings. The van der Waals surface area contributed by atoms with E-state index in [9.17, 15) is 0 Å². The molecule has 1 atom stereocenters. The summed E-state index contributed by atoms with van der Waals surface area (Å²) in [5.74, 6) is 1.53. The second-order valence-corrected chi connectivity index (χ2v) is 5.38. The Morgan fingerprint density at radius 1 is 1.40 bits per heavy atom. The van der Waals surface area contributed by atoms with E-state index in [4.69, 9.17) is 0 Å². The van der Waals surface area contributed by atoms with Gasteiger partial charge in [0, 0.05) is 18.3 Å². The zero-order valence-electron chi connectivity index (χ0n) is 9.70. The van der Waals surface area contributed by atoms with Gasteiger partial charge in [0.15, 0.2) is 0 Å². The molecule has 0 radical (unpaired) electrons. The van der Waals surface area contributed by atoms with E-state index in [1.807, 2.05) is 0 Å². The molecule has 1 aromatic carbocycles. The average Bonchev–Trinajstić information content (AvgIpc) is 2.24. The molecular formula is C13H19NS. The van der Waals surface area contributed by atoms with Crippen LogP contribution in [0.25, 0.3) is 0 Å². The second kappa shape index (κ2) is 3.75. The molecule has 1 nitrogen and oxygen atoms in total. The lowest BCUT2D eigenvalue weighted by Gasteiger charge is -2.45. The molecule has 1 heterocycles. The first kappa shape index (κ1) is 10.9. The van der Waals surface area contributed by atoms with Crippen molar-refractivity contribution in [2.75, 3.05) is 17.7 Å². The number of para-hydroxylation sites is 1.